The molecule has 6 nitrogen and oxygen atoms in total. The molecule has 2 atom stereocenters. The van der Waals surface area contributed by atoms with Crippen LogP contribution in [0, 0.1) is 11.6 Å². The molecule has 8 heteroatoms. The quantitative estimate of drug-likeness (QED) is 0.617. The van der Waals surface area contributed by atoms with Crippen LogP contribution in [0.25, 0.3) is 11.0 Å². The number of piperidine rings is 1. The van der Waals surface area contributed by atoms with E-state index in [4.69, 9.17) is 4.99 Å². The zero-order valence-corrected chi connectivity index (χ0v) is 19.1. The first-order valence-corrected chi connectivity index (χ1v) is 12.3. The number of para-hydroxylation sites is 2. The number of rotatable bonds is 4. The van der Waals surface area contributed by atoms with Gasteiger partial charge >= 0.3 is 5.69 Å². The van der Waals surface area contributed by atoms with Crippen LogP contribution in [-0.4, -0.2) is 52.5 Å². The molecule has 3 heterocycles. The maximum absolute atomic E-state index is 13.8. The van der Waals surface area contributed by atoms with Crippen LogP contribution in [0.2, 0.25) is 0 Å². The first-order valence-electron chi connectivity index (χ1n) is 12.3. The second kappa shape index (κ2) is 8.65. The predicted octanol–water partition coefficient (Wildman–Crippen LogP) is 3.74. The smallest absolute Gasteiger partial charge is 0.326 e. The highest BCUT2D eigenvalue weighted by molar-refractivity contribution is 5.86. The molecular weight excluding hydrogens is 436 g/mol. The highest BCUT2D eigenvalue weighted by Gasteiger charge is 2.37. The lowest BCUT2D eigenvalue weighted by Crippen LogP contribution is -2.38. The third-order valence-electron chi connectivity index (χ3n) is 7.82. The van der Waals surface area contributed by atoms with Crippen LogP contribution < -0.4 is 11.0 Å². The summed E-state index contributed by atoms with van der Waals surface area (Å²) in [4.78, 5) is 22.7. The summed E-state index contributed by atoms with van der Waals surface area (Å²) >= 11 is 0. The van der Waals surface area contributed by atoms with Crippen LogP contribution in [-0.2, 0) is 6.42 Å². The number of aliphatic imine (C=N–C) groups is 1. The summed E-state index contributed by atoms with van der Waals surface area (Å²) < 4.78 is 29.4. The molecule has 2 fully saturated rings. The van der Waals surface area contributed by atoms with E-state index in [1.54, 1.807) is 0 Å². The normalized spacial score (nSPS) is 24.4. The van der Waals surface area contributed by atoms with Crippen molar-refractivity contribution >= 4 is 16.9 Å². The third-order valence-corrected chi connectivity index (χ3v) is 7.82. The molecule has 1 aliphatic carbocycles. The maximum Gasteiger partial charge on any atom is 0.326 e. The second-order valence-corrected chi connectivity index (χ2v) is 9.78. The number of hydrogen-bond acceptors (Lipinski definition) is 3. The number of aryl methyl sites for hydroxylation is 1. The van der Waals surface area contributed by atoms with Crippen molar-refractivity contribution in [2.75, 3.05) is 26.2 Å². The molecule has 34 heavy (non-hydrogen) atoms. The van der Waals surface area contributed by atoms with E-state index in [2.05, 4.69) is 15.2 Å². The van der Waals surface area contributed by atoms with Gasteiger partial charge in [-0.05, 0) is 61.1 Å². The van der Waals surface area contributed by atoms with E-state index in [1.807, 2.05) is 28.8 Å². The van der Waals surface area contributed by atoms with Crippen LogP contribution in [0.1, 0.15) is 48.8 Å². The number of aromatic amines is 1. The number of benzene rings is 2. The Morgan fingerprint density at radius 3 is 2.71 bits per heavy atom. The van der Waals surface area contributed by atoms with Gasteiger partial charge in [0.25, 0.3) is 0 Å². The molecule has 3 aliphatic rings. The van der Waals surface area contributed by atoms with E-state index in [-0.39, 0.29) is 23.7 Å². The van der Waals surface area contributed by atoms with E-state index in [1.165, 1.54) is 12.1 Å². The van der Waals surface area contributed by atoms with Crippen LogP contribution in [0.4, 0.5) is 8.78 Å². The van der Waals surface area contributed by atoms with Gasteiger partial charge in [0, 0.05) is 44.1 Å². The summed E-state index contributed by atoms with van der Waals surface area (Å²) in [5, 5.41) is 3.53. The van der Waals surface area contributed by atoms with Crippen molar-refractivity contribution in [3.8, 4) is 0 Å². The molecule has 2 saturated heterocycles. The lowest BCUT2D eigenvalue weighted by atomic mass is 9.80. The summed E-state index contributed by atoms with van der Waals surface area (Å²) in [5.41, 5.74) is 3.72. The number of nitrogens with zero attached hydrogens (tertiary/aromatic N) is 3. The Bertz CT molecular complexity index is 1300. The zero-order valence-electron chi connectivity index (χ0n) is 19.1. The number of amidine groups is 1. The van der Waals surface area contributed by atoms with Gasteiger partial charge in [-0.25, -0.2) is 13.6 Å². The van der Waals surface area contributed by atoms with E-state index < -0.39 is 11.6 Å². The Morgan fingerprint density at radius 1 is 1.06 bits per heavy atom. The molecule has 2 aromatic carbocycles. The standard InChI is InChI=1S/C26H29F2N5O/c27-20-13-16-5-6-22-19(18(16)14-21(20)28)15-25(30-22)29-9-12-32-10-7-17(8-11-32)33-24-4-2-1-3-23(24)31-26(33)34/h1-4,13-14,17,19,22H,5-12,15H2,(H,29,30)(H,31,34)/t19-,22+/m0/s1. The maximum atomic E-state index is 13.8. The van der Waals surface area contributed by atoms with Crippen molar-refractivity contribution in [3.05, 3.63) is 69.6 Å². The van der Waals surface area contributed by atoms with Crippen molar-refractivity contribution in [2.24, 2.45) is 4.99 Å². The fourth-order valence-corrected chi connectivity index (χ4v) is 6.07. The summed E-state index contributed by atoms with van der Waals surface area (Å²) in [6.07, 6.45) is 4.33. The predicted molar refractivity (Wildman–Crippen MR) is 129 cm³/mol. The van der Waals surface area contributed by atoms with E-state index in [9.17, 15) is 13.6 Å². The molecule has 178 valence electrons. The van der Waals surface area contributed by atoms with Gasteiger partial charge in [-0.15, -0.1) is 0 Å². The SMILES string of the molecule is O=c1[nH]c2ccccc2n1C1CCN(CCN=C2C[C@H]3c4cc(F)c(F)cc4CC[C@H]3N2)CC1. The van der Waals surface area contributed by atoms with Crippen LogP contribution in [0.15, 0.2) is 46.2 Å². The number of imidazole rings is 1. The molecule has 3 aromatic rings. The van der Waals surface area contributed by atoms with Gasteiger partial charge in [0.05, 0.1) is 23.4 Å². The van der Waals surface area contributed by atoms with Crippen molar-refractivity contribution in [1.82, 2.24) is 19.8 Å². The largest absolute Gasteiger partial charge is 0.370 e. The average molecular weight is 466 g/mol. The summed E-state index contributed by atoms with van der Waals surface area (Å²) in [5.74, 6) is -0.367. The first kappa shape index (κ1) is 21.5. The third kappa shape index (κ3) is 3.83. The molecule has 0 spiro atoms. The van der Waals surface area contributed by atoms with Gasteiger partial charge < -0.3 is 15.2 Å². The van der Waals surface area contributed by atoms with E-state index in [0.29, 0.717) is 6.54 Å². The highest BCUT2D eigenvalue weighted by Crippen LogP contribution is 2.38. The van der Waals surface area contributed by atoms with Crippen LogP contribution in [0.3, 0.4) is 0 Å². The lowest BCUT2D eigenvalue weighted by molar-refractivity contribution is 0.191. The minimum atomic E-state index is -0.761. The van der Waals surface area contributed by atoms with Crippen molar-refractivity contribution in [1.29, 1.82) is 0 Å². The molecule has 2 aliphatic heterocycles. The van der Waals surface area contributed by atoms with Crippen molar-refractivity contribution < 1.29 is 8.78 Å². The molecule has 0 bridgehead atoms. The van der Waals surface area contributed by atoms with E-state index >= 15 is 0 Å². The number of halogens is 2. The number of aromatic nitrogens is 2. The Morgan fingerprint density at radius 2 is 1.85 bits per heavy atom. The zero-order chi connectivity index (χ0) is 23.2. The number of H-pyrrole nitrogens is 1. The highest BCUT2D eigenvalue weighted by atomic mass is 19.2. The van der Waals surface area contributed by atoms with Crippen LogP contribution in [0.5, 0.6) is 0 Å². The summed E-state index contributed by atoms with van der Waals surface area (Å²) in [7, 11) is 0. The van der Waals surface area contributed by atoms with Gasteiger partial charge in [0.15, 0.2) is 11.6 Å². The van der Waals surface area contributed by atoms with Crippen molar-refractivity contribution in [2.45, 2.75) is 50.1 Å². The molecule has 0 radical (unpaired) electrons. The minimum Gasteiger partial charge on any atom is -0.370 e. The number of fused-ring (bicyclic) bond motifs is 4. The monoisotopic (exact) mass is 465 g/mol. The topological polar surface area (TPSA) is 65.4 Å². The van der Waals surface area contributed by atoms with Gasteiger partial charge in [0.1, 0.15) is 0 Å². The Hall–Kier alpha value is -3.00. The lowest BCUT2D eigenvalue weighted by Gasteiger charge is -2.32. The summed E-state index contributed by atoms with van der Waals surface area (Å²) in [6.45, 7) is 3.48. The molecule has 0 amide bonds. The Kier molecular flexibility index (Phi) is 5.48. The van der Waals surface area contributed by atoms with Gasteiger partial charge in [-0.3, -0.25) is 9.56 Å². The number of likely N-dealkylation sites (tertiary alicyclic amines) is 1. The molecule has 2 N–H and O–H groups in total. The molecule has 6 rings (SSSR count). The first-order chi connectivity index (χ1) is 16.6. The fraction of sp³-hybridized carbons (Fsp3) is 0.462. The van der Waals surface area contributed by atoms with Gasteiger partial charge in [-0.1, -0.05) is 12.1 Å². The van der Waals surface area contributed by atoms with Gasteiger partial charge in [0.2, 0.25) is 0 Å². The Balaban J connectivity index is 1.05. The number of nitrogens with one attached hydrogen (secondary N) is 2. The second-order valence-electron chi connectivity index (χ2n) is 9.78. The molecule has 1 aromatic heterocycles. The minimum absolute atomic E-state index is 0.0241. The van der Waals surface area contributed by atoms with E-state index in [0.717, 1.165) is 79.7 Å². The van der Waals surface area contributed by atoms with Crippen molar-refractivity contribution in [3.63, 3.8) is 0 Å². The molecule has 0 saturated carbocycles. The molecular formula is C26H29F2N5O. The summed E-state index contributed by atoms with van der Waals surface area (Å²) in [6, 6.07) is 11.1. The fourth-order valence-electron chi connectivity index (χ4n) is 6.07. The average Bonchev–Trinajstić information content (AvgIpc) is 3.40. The number of hydrogen-bond donors (Lipinski definition) is 2. The Labute approximate surface area is 196 Å². The van der Waals surface area contributed by atoms with Gasteiger partial charge in [-0.2, -0.15) is 0 Å². The molecule has 0 unspecified atom stereocenters. The van der Waals surface area contributed by atoms with Crippen LogP contribution >= 0.6 is 0 Å².